The van der Waals surface area contributed by atoms with Crippen molar-refractivity contribution >= 4 is 31.9 Å². The van der Waals surface area contributed by atoms with Crippen molar-refractivity contribution in [2.75, 3.05) is 6.54 Å². The zero-order chi connectivity index (χ0) is 17.9. The number of amides is 1. The van der Waals surface area contributed by atoms with E-state index in [1.54, 1.807) is 18.2 Å². The first-order valence-corrected chi connectivity index (χ1v) is 10.4. The van der Waals surface area contributed by atoms with Gasteiger partial charge in [0, 0.05) is 17.4 Å². The third kappa shape index (κ3) is 4.29. The van der Waals surface area contributed by atoms with Crippen LogP contribution in [0, 0.1) is 0 Å². The average Bonchev–Trinajstić information content (AvgIpc) is 2.98. The zero-order valence-electron chi connectivity index (χ0n) is 13.5. The average molecular weight is 423 g/mol. The molecule has 1 aliphatic carbocycles. The Morgan fingerprint density at radius 2 is 1.84 bits per heavy atom. The third-order valence-electron chi connectivity index (χ3n) is 4.24. The highest BCUT2D eigenvalue weighted by Gasteiger charge is 2.23. The molecule has 1 amide bonds. The van der Waals surface area contributed by atoms with E-state index in [1.807, 2.05) is 18.2 Å². The Balaban J connectivity index is 1.53. The number of rotatable bonds is 6. The van der Waals surface area contributed by atoms with Crippen LogP contribution in [0.15, 0.2) is 57.9 Å². The molecule has 0 aromatic heterocycles. The highest BCUT2D eigenvalue weighted by Crippen LogP contribution is 2.30. The topological polar surface area (TPSA) is 75.3 Å². The van der Waals surface area contributed by atoms with Gasteiger partial charge in [-0.2, -0.15) is 0 Å². The van der Waals surface area contributed by atoms with E-state index in [1.165, 1.54) is 11.6 Å². The number of aryl methyl sites for hydroxylation is 1. The predicted octanol–water partition coefficient (Wildman–Crippen LogP) is 2.92. The Hall–Kier alpha value is -1.70. The van der Waals surface area contributed by atoms with Crippen molar-refractivity contribution in [3.63, 3.8) is 0 Å². The number of benzene rings is 2. The molecule has 0 saturated heterocycles. The summed E-state index contributed by atoms with van der Waals surface area (Å²) < 4.78 is 27.5. The van der Waals surface area contributed by atoms with Gasteiger partial charge in [0.05, 0.1) is 10.9 Å². The minimum absolute atomic E-state index is 0.0172. The van der Waals surface area contributed by atoms with Crippen molar-refractivity contribution in [3.8, 4) is 0 Å². The Morgan fingerprint density at radius 3 is 2.64 bits per heavy atom. The van der Waals surface area contributed by atoms with Crippen LogP contribution in [0.4, 0.5) is 0 Å². The first-order valence-electron chi connectivity index (χ1n) is 8.09. The molecule has 0 spiro atoms. The molecule has 1 aliphatic rings. The quantitative estimate of drug-likeness (QED) is 0.751. The summed E-state index contributed by atoms with van der Waals surface area (Å²) >= 11 is 3.23. The maximum absolute atomic E-state index is 12.3. The molecule has 132 valence electrons. The van der Waals surface area contributed by atoms with Gasteiger partial charge < -0.3 is 5.32 Å². The minimum Gasteiger partial charge on any atom is -0.349 e. The number of hydrogen-bond acceptors (Lipinski definition) is 3. The zero-order valence-corrected chi connectivity index (χ0v) is 15.9. The summed E-state index contributed by atoms with van der Waals surface area (Å²) in [6.07, 6.45) is 1.94. The first-order chi connectivity index (χ1) is 12.0. The highest BCUT2D eigenvalue weighted by molar-refractivity contribution is 9.10. The molecule has 3 rings (SSSR count). The summed E-state index contributed by atoms with van der Waals surface area (Å²) in [6, 6.07) is 14.7. The number of sulfonamides is 1. The lowest BCUT2D eigenvalue weighted by Crippen LogP contribution is -2.32. The van der Waals surface area contributed by atoms with E-state index in [9.17, 15) is 13.2 Å². The standard InChI is InChI=1S/C18H19BrN2O3S/c19-15-7-3-4-8-17(15)25(23,24)20-12-11-18(22)21-16-10-9-13-5-1-2-6-14(13)16/h1-8,16,20H,9-12H2,(H,21,22). The van der Waals surface area contributed by atoms with Crippen LogP contribution in [-0.2, 0) is 21.2 Å². The van der Waals surface area contributed by atoms with E-state index in [0.717, 1.165) is 18.4 Å². The monoisotopic (exact) mass is 422 g/mol. The number of carbonyl (C=O) groups excluding carboxylic acids is 1. The molecule has 2 N–H and O–H groups in total. The Bertz CT molecular complexity index is 883. The predicted molar refractivity (Wildman–Crippen MR) is 99.6 cm³/mol. The molecular formula is C18H19BrN2O3S. The lowest BCUT2D eigenvalue weighted by Gasteiger charge is -2.14. The summed E-state index contributed by atoms with van der Waals surface area (Å²) in [5, 5.41) is 2.99. The van der Waals surface area contributed by atoms with Crippen molar-refractivity contribution in [2.45, 2.75) is 30.2 Å². The van der Waals surface area contributed by atoms with Gasteiger partial charge in [0.2, 0.25) is 15.9 Å². The van der Waals surface area contributed by atoms with Gasteiger partial charge in [-0.15, -0.1) is 0 Å². The van der Waals surface area contributed by atoms with Crippen LogP contribution in [-0.4, -0.2) is 20.9 Å². The van der Waals surface area contributed by atoms with Crippen LogP contribution < -0.4 is 10.0 Å². The van der Waals surface area contributed by atoms with E-state index in [2.05, 4.69) is 32.0 Å². The summed E-state index contributed by atoms with van der Waals surface area (Å²) in [4.78, 5) is 12.3. The van der Waals surface area contributed by atoms with Crippen molar-refractivity contribution in [1.82, 2.24) is 10.0 Å². The van der Waals surface area contributed by atoms with E-state index in [-0.39, 0.29) is 29.8 Å². The molecular weight excluding hydrogens is 404 g/mol. The van der Waals surface area contributed by atoms with E-state index in [0.29, 0.717) is 4.47 Å². The fraction of sp³-hybridized carbons (Fsp3) is 0.278. The summed E-state index contributed by atoms with van der Waals surface area (Å²) in [5.41, 5.74) is 2.42. The molecule has 2 aromatic carbocycles. The number of hydrogen-bond donors (Lipinski definition) is 2. The van der Waals surface area contributed by atoms with Gasteiger partial charge in [0.1, 0.15) is 0 Å². The van der Waals surface area contributed by atoms with Crippen molar-refractivity contribution in [1.29, 1.82) is 0 Å². The van der Waals surface area contributed by atoms with Crippen LogP contribution in [0.5, 0.6) is 0 Å². The number of carbonyl (C=O) groups is 1. The molecule has 1 atom stereocenters. The fourth-order valence-corrected chi connectivity index (χ4v) is 5.05. The maximum atomic E-state index is 12.3. The molecule has 0 radical (unpaired) electrons. The second-order valence-corrected chi connectivity index (χ2v) is 8.53. The number of fused-ring (bicyclic) bond motifs is 1. The Morgan fingerprint density at radius 1 is 1.12 bits per heavy atom. The normalized spacial score (nSPS) is 16.4. The van der Waals surface area contributed by atoms with Gasteiger partial charge in [0.25, 0.3) is 0 Å². The van der Waals surface area contributed by atoms with Gasteiger partial charge in [-0.25, -0.2) is 13.1 Å². The molecule has 0 saturated carbocycles. The minimum atomic E-state index is -3.64. The van der Waals surface area contributed by atoms with E-state index >= 15 is 0 Å². The molecule has 7 heteroatoms. The second kappa shape index (κ2) is 7.68. The number of nitrogens with one attached hydrogen (secondary N) is 2. The van der Waals surface area contributed by atoms with Crippen molar-refractivity contribution < 1.29 is 13.2 Å². The lowest BCUT2D eigenvalue weighted by molar-refractivity contribution is -0.121. The molecule has 25 heavy (non-hydrogen) atoms. The van der Waals surface area contributed by atoms with Crippen LogP contribution in [0.25, 0.3) is 0 Å². The van der Waals surface area contributed by atoms with Crippen molar-refractivity contribution in [2.24, 2.45) is 0 Å². The second-order valence-electron chi connectivity index (χ2n) is 5.94. The van der Waals surface area contributed by atoms with Crippen LogP contribution >= 0.6 is 15.9 Å². The van der Waals surface area contributed by atoms with Crippen molar-refractivity contribution in [3.05, 3.63) is 64.1 Å². The van der Waals surface area contributed by atoms with Crippen LogP contribution in [0.3, 0.4) is 0 Å². The van der Waals surface area contributed by atoms with E-state index in [4.69, 9.17) is 0 Å². The van der Waals surface area contributed by atoms with Gasteiger partial charge >= 0.3 is 0 Å². The fourth-order valence-electron chi connectivity index (χ4n) is 3.01. The largest absolute Gasteiger partial charge is 0.349 e. The molecule has 2 aromatic rings. The van der Waals surface area contributed by atoms with Crippen LogP contribution in [0.2, 0.25) is 0 Å². The summed E-state index contributed by atoms with van der Waals surface area (Å²) in [5.74, 6) is -0.156. The molecule has 0 aliphatic heterocycles. The summed E-state index contributed by atoms with van der Waals surface area (Å²) in [6.45, 7) is 0.0594. The molecule has 0 bridgehead atoms. The van der Waals surface area contributed by atoms with Gasteiger partial charge in [-0.05, 0) is 52.0 Å². The third-order valence-corrected chi connectivity index (χ3v) is 6.71. The van der Waals surface area contributed by atoms with Gasteiger partial charge in [0.15, 0.2) is 0 Å². The molecule has 0 fully saturated rings. The highest BCUT2D eigenvalue weighted by atomic mass is 79.9. The molecule has 5 nitrogen and oxygen atoms in total. The molecule has 1 unspecified atom stereocenters. The summed E-state index contributed by atoms with van der Waals surface area (Å²) in [7, 11) is -3.64. The van der Waals surface area contributed by atoms with E-state index < -0.39 is 10.0 Å². The molecule has 0 heterocycles. The number of halogens is 1. The maximum Gasteiger partial charge on any atom is 0.241 e. The van der Waals surface area contributed by atoms with Gasteiger partial charge in [-0.3, -0.25) is 4.79 Å². The first kappa shape index (κ1) is 18.1. The smallest absolute Gasteiger partial charge is 0.241 e. The SMILES string of the molecule is O=C(CCNS(=O)(=O)c1ccccc1Br)NC1CCc2ccccc21. The Kier molecular flexibility index (Phi) is 5.56. The van der Waals surface area contributed by atoms with Crippen LogP contribution in [0.1, 0.15) is 30.0 Å². The lowest BCUT2D eigenvalue weighted by atomic mass is 10.1. The van der Waals surface area contributed by atoms with Gasteiger partial charge in [-0.1, -0.05) is 36.4 Å². The Labute approximate surface area is 156 Å².